The van der Waals surface area contributed by atoms with Crippen LogP contribution in [0.15, 0.2) is 36.0 Å². The molecule has 49 heavy (non-hydrogen) atoms. The molecular formula is C37H48FN5O6. The highest BCUT2D eigenvalue weighted by Gasteiger charge is 2.62. The first-order valence-electron chi connectivity index (χ1n) is 18.4. The van der Waals surface area contributed by atoms with Gasteiger partial charge < -0.3 is 24.6 Å². The highest BCUT2D eigenvalue weighted by atomic mass is 19.1. The van der Waals surface area contributed by atoms with Crippen LogP contribution in [0.5, 0.6) is 0 Å². The minimum Gasteiger partial charge on any atom is -0.379 e. The number of fused-ring (bicyclic) bond motifs is 4. The lowest BCUT2D eigenvalue weighted by Crippen LogP contribution is -2.74. The molecule has 12 heteroatoms. The Labute approximate surface area is 287 Å². The van der Waals surface area contributed by atoms with Gasteiger partial charge >= 0.3 is 0 Å². The second-order valence-electron chi connectivity index (χ2n) is 14.9. The van der Waals surface area contributed by atoms with Crippen molar-refractivity contribution in [3.63, 3.8) is 0 Å². The summed E-state index contributed by atoms with van der Waals surface area (Å²) < 4.78 is 28.9. The Morgan fingerprint density at radius 3 is 2.24 bits per heavy atom. The summed E-state index contributed by atoms with van der Waals surface area (Å²) in [7, 11) is 0. The van der Waals surface area contributed by atoms with Crippen molar-refractivity contribution in [3.05, 3.63) is 47.2 Å². The first-order valence-corrected chi connectivity index (χ1v) is 18.4. The van der Waals surface area contributed by atoms with Crippen molar-refractivity contribution in [1.29, 1.82) is 0 Å². The molecule has 11 nitrogen and oxygen atoms in total. The number of hydrogen-bond acceptors (Lipinski definition) is 10. The zero-order valence-electron chi connectivity index (χ0n) is 28.3. The topological polar surface area (TPSA) is 112 Å². The van der Waals surface area contributed by atoms with Crippen molar-refractivity contribution in [2.45, 2.75) is 69.1 Å². The largest absolute Gasteiger partial charge is 0.379 e. The van der Waals surface area contributed by atoms with Gasteiger partial charge in [0.05, 0.1) is 49.1 Å². The van der Waals surface area contributed by atoms with E-state index in [1.54, 1.807) is 30.5 Å². The maximum Gasteiger partial charge on any atom is 0.256 e. The summed E-state index contributed by atoms with van der Waals surface area (Å²) in [5.74, 6) is -2.62. The van der Waals surface area contributed by atoms with Crippen molar-refractivity contribution in [3.8, 4) is 0 Å². The van der Waals surface area contributed by atoms with Crippen molar-refractivity contribution in [2.24, 2.45) is 17.8 Å². The van der Waals surface area contributed by atoms with Gasteiger partial charge in [-0.05, 0) is 38.8 Å². The summed E-state index contributed by atoms with van der Waals surface area (Å²) in [4.78, 5) is 64.4. The van der Waals surface area contributed by atoms with Gasteiger partial charge in [0.25, 0.3) is 5.91 Å². The standard InChI is InChI=1S/C37H48FN5O6/c1-2-40-10-12-42(13-11-40)32-28(38)18-26-31-36(32)49-30-20-25-24(33(44)22-6-3-4-7-23(22)34(25)45)19-29(30)43(31)21-27(35(26)46)37(47)39-8-5-9-41-14-16-48-17-15-41/h3-4,6-7,21,24-26,28-32,36H,2,5,8-20H2,1H3,(H,39,47). The van der Waals surface area contributed by atoms with Crippen LogP contribution in [0.25, 0.3) is 0 Å². The summed E-state index contributed by atoms with van der Waals surface area (Å²) in [6, 6.07) is 5.72. The number of amides is 1. The van der Waals surface area contributed by atoms with Gasteiger partial charge in [0.2, 0.25) is 0 Å². The van der Waals surface area contributed by atoms with Crippen molar-refractivity contribution < 1.29 is 33.0 Å². The van der Waals surface area contributed by atoms with E-state index in [1.165, 1.54) is 0 Å². The van der Waals surface area contributed by atoms with Gasteiger partial charge in [-0.15, -0.1) is 0 Å². The molecule has 0 spiro atoms. The summed E-state index contributed by atoms with van der Waals surface area (Å²) >= 11 is 0. The Hall–Kier alpha value is -3.03. The Morgan fingerprint density at radius 2 is 1.55 bits per heavy atom. The third kappa shape index (κ3) is 5.87. The lowest BCUT2D eigenvalue weighted by molar-refractivity contribution is -0.217. The fraction of sp³-hybridized carbons (Fsp3) is 0.676. The van der Waals surface area contributed by atoms with Gasteiger partial charge in [0.15, 0.2) is 17.3 Å². The Bertz CT molecular complexity index is 1510. The number of ketones is 3. The van der Waals surface area contributed by atoms with Gasteiger partial charge in [0, 0.05) is 80.9 Å². The van der Waals surface area contributed by atoms with Crippen LogP contribution in [0.3, 0.4) is 0 Å². The molecule has 0 radical (unpaired) electrons. The number of Topliss-reactive ketones (excluding diaryl/α,β-unsaturated/α-hetero) is 3. The molecule has 2 saturated carbocycles. The third-order valence-electron chi connectivity index (χ3n) is 12.5. The number of morpholine rings is 2. The molecule has 1 N–H and O–H groups in total. The van der Waals surface area contributed by atoms with E-state index in [9.17, 15) is 19.2 Å². The average molecular weight is 678 g/mol. The van der Waals surface area contributed by atoms with E-state index in [0.717, 1.165) is 45.7 Å². The predicted molar refractivity (Wildman–Crippen MR) is 178 cm³/mol. The number of benzene rings is 1. The van der Waals surface area contributed by atoms with Gasteiger partial charge in [0.1, 0.15) is 6.17 Å². The normalized spacial score (nSPS) is 36.7. The number of carbonyl (C=O) groups is 4. The lowest BCUT2D eigenvalue weighted by atomic mass is 9.63. The Morgan fingerprint density at radius 1 is 0.857 bits per heavy atom. The van der Waals surface area contributed by atoms with Gasteiger partial charge in [-0.2, -0.15) is 0 Å². The Kier molecular flexibility index (Phi) is 9.19. The second-order valence-corrected chi connectivity index (χ2v) is 14.9. The highest BCUT2D eigenvalue weighted by molar-refractivity contribution is 6.20. The van der Waals surface area contributed by atoms with Crippen LogP contribution in [-0.4, -0.2) is 151 Å². The third-order valence-corrected chi connectivity index (χ3v) is 12.5. The van der Waals surface area contributed by atoms with Crippen LogP contribution in [0.4, 0.5) is 4.39 Å². The summed E-state index contributed by atoms with van der Waals surface area (Å²) in [5.41, 5.74) is 0.975. The molecule has 1 aromatic carbocycles. The van der Waals surface area contributed by atoms with E-state index in [0.29, 0.717) is 56.8 Å². The van der Waals surface area contributed by atoms with Gasteiger partial charge in [-0.25, -0.2) is 4.39 Å². The quantitative estimate of drug-likeness (QED) is 0.338. The number of nitrogens with one attached hydrogen (secondary N) is 1. The molecular weight excluding hydrogens is 629 g/mol. The van der Waals surface area contributed by atoms with E-state index in [1.807, 2.05) is 0 Å². The second kappa shape index (κ2) is 13.6. The number of hydrogen-bond donors (Lipinski definition) is 1. The number of halogens is 1. The van der Waals surface area contributed by atoms with Crippen LogP contribution >= 0.6 is 0 Å². The van der Waals surface area contributed by atoms with E-state index >= 15 is 4.39 Å². The monoisotopic (exact) mass is 677 g/mol. The molecule has 5 fully saturated rings. The molecule has 1 amide bonds. The molecule has 8 rings (SSSR count). The molecule has 1 aromatic rings. The molecule has 9 atom stereocenters. The van der Waals surface area contributed by atoms with Crippen LogP contribution in [-0.2, 0) is 19.1 Å². The van der Waals surface area contributed by atoms with Crippen LogP contribution < -0.4 is 5.32 Å². The zero-order valence-corrected chi connectivity index (χ0v) is 28.3. The molecule has 3 aliphatic carbocycles. The number of nitrogens with zero attached hydrogens (tertiary/aromatic N) is 4. The van der Waals surface area contributed by atoms with Crippen LogP contribution in [0.1, 0.15) is 53.3 Å². The molecule has 4 aliphatic heterocycles. The smallest absolute Gasteiger partial charge is 0.256 e. The fourth-order valence-corrected chi connectivity index (χ4v) is 9.88. The maximum absolute atomic E-state index is 16.5. The molecule has 0 aromatic heterocycles. The fourth-order valence-electron chi connectivity index (χ4n) is 9.88. The molecule has 264 valence electrons. The minimum atomic E-state index is -1.31. The van der Waals surface area contributed by atoms with Crippen LogP contribution in [0.2, 0.25) is 0 Å². The van der Waals surface area contributed by atoms with Gasteiger partial charge in [-0.1, -0.05) is 31.2 Å². The average Bonchev–Trinajstić information content (AvgIpc) is 3.13. The van der Waals surface area contributed by atoms with Crippen molar-refractivity contribution in [2.75, 3.05) is 72.1 Å². The van der Waals surface area contributed by atoms with E-state index in [2.05, 4.69) is 31.8 Å². The first kappa shape index (κ1) is 33.1. The summed E-state index contributed by atoms with van der Waals surface area (Å²) in [6.45, 7) is 10.6. The molecule has 4 heterocycles. The predicted octanol–water partition coefficient (Wildman–Crippen LogP) is 1.57. The lowest BCUT2D eigenvalue weighted by Gasteiger charge is -2.61. The minimum absolute atomic E-state index is 0.0222. The molecule has 7 aliphatic rings. The molecule has 9 unspecified atom stereocenters. The number of alkyl halides is 1. The summed E-state index contributed by atoms with van der Waals surface area (Å²) in [6.07, 6.45) is 0.815. The molecule has 0 bridgehead atoms. The van der Waals surface area contributed by atoms with E-state index in [-0.39, 0.29) is 35.4 Å². The Balaban J connectivity index is 1.09. The van der Waals surface area contributed by atoms with Crippen molar-refractivity contribution in [1.82, 2.24) is 24.9 Å². The molecule has 3 saturated heterocycles. The zero-order chi connectivity index (χ0) is 33.8. The van der Waals surface area contributed by atoms with Gasteiger partial charge in [-0.3, -0.25) is 29.0 Å². The van der Waals surface area contributed by atoms with Crippen molar-refractivity contribution >= 4 is 23.3 Å². The number of rotatable bonds is 7. The number of carbonyl (C=O) groups excluding carboxylic acids is 4. The number of ether oxygens (including phenoxy) is 2. The highest BCUT2D eigenvalue weighted by Crippen LogP contribution is 2.50. The number of piperazine rings is 1. The summed E-state index contributed by atoms with van der Waals surface area (Å²) in [5, 5.41) is 2.96. The SMILES string of the molecule is CCN1CCN(C2C(F)CC3C(=O)C(C(=O)NCCCN4CCOCC4)=CN4C5CC6C(=O)c7ccccc7C(=O)C6CC5OC2C34)CC1. The van der Waals surface area contributed by atoms with E-state index in [4.69, 9.17) is 9.47 Å². The number of likely N-dealkylation sites (N-methyl/N-ethyl adjacent to an activating group) is 1. The first-order chi connectivity index (χ1) is 23.8. The maximum atomic E-state index is 16.5. The van der Waals surface area contributed by atoms with Crippen LogP contribution in [0, 0.1) is 17.8 Å². The van der Waals surface area contributed by atoms with E-state index < -0.39 is 54.1 Å².